The summed E-state index contributed by atoms with van der Waals surface area (Å²) >= 11 is 0. The van der Waals surface area contributed by atoms with Gasteiger partial charge in [-0.15, -0.1) is 0 Å². The SMILES string of the molecule is CCCc1nc(C)n(-c2ccc(OC(C)(C)C(=O)O)cc2)c(=O)c1Cc1ccc(-c2ccccc2C#N)cc1. The third kappa shape index (κ3) is 5.91. The lowest BCUT2D eigenvalue weighted by Crippen LogP contribution is -2.37. The summed E-state index contributed by atoms with van der Waals surface area (Å²) < 4.78 is 7.19. The average Bonchev–Trinajstić information content (AvgIpc) is 2.92. The van der Waals surface area contributed by atoms with Crippen molar-refractivity contribution in [1.29, 1.82) is 5.26 Å². The van der Waals surface area contributed by atoms with E-state index in [1.807, 2.05) is 49.4 Å². The number of rotatable bonds is 9. The molecule has 1 aromatic heterocycles. The van der Waals surface area contributed by atoms with Crippen LogP contribution in [0, 0.1) is 18.3 Å². The van der Waals surface area contributed by atoms with E-state index in [1.54, 1.807) is 34.9 Å². The van der Waals surface area contributed by atoms with Crippen LogP contribution < -0.4 is 10.3 Å². The van der Waals surface area contributed by atoms with Gasteiger partial charge in [-0.05, 0) is 74.2 Å². The van der Waals surface area contributed by atoms with Crippen molar-refractivity contribution in [2.45, 2.75) is 52.6 Å². The van der Waals surface area contributed by atoms with E-state index in [9.17, 15) is 20.0 Å². The zero-order valence-corrected chi connectivity index (χ0v) is 22.6. The number of aliphatic carboxylic acids is 1. The summed E-state index contributed by atoms with van der Waals surface area (Å²) in [4.78, 5) is 30.1. The van der Waals surface area contributed by atoms with Crippen molar-refractivity contribution in [3.63, 3.8) is 0 Å². The van der Waals surface area contributed by atoms with Crippen LogP contribution in [-0.2, 0) is 17.6 Å². The molecule has 4 aromatic rings. The van der Waals surface area contributed by atoms with Gasteiger partial charge < -0.3 is 9.84 Å². The molecule has 198 valence electrons. The van der Waals surface area contributed by atoms with Gasteiger partial charge in [-0.2, -0.15) is 5.26 Å². The molecule has 1 N–H and O–H groups in total. The molecule has 0 radical (unpaired) electrons. The van der Waals surface area contributed by atoms with Gasteiger partial charge in [-0.1, -0.05) is 55.8 Å². The first-order valence-corrected chi connectivity index (χ1v) is 12.9. The molecular weight excluding hydrogens is 490 g/mol. The van der Waals surface area contributed by atoms with E-state index >= 15 is 0 Å². The van der Waals surface area contributed by atoms with Crippen LogP contribution in [-0.4, -0.2) is 26.2 Å². The van der Waals surface area contributed by atoms with Crippen molar-refractivity contribution in [3.05, 3.63) is 111 Å². The fourth-order valence-electron chi connectivity index (χ4n) is 4.48. The largest absolute Gasteiger partial charge is 0.478 e. The molecule has 0 amide bonds. The Morgan fingerprint density at radius 2 is 1.72 bits per heavy atom. The minimum atomic E-state index is -1.38. The number of hydrogen-bond donors (Lipinski definition) is 1. The number of carbonyl (C=O) groups is 1. The van der Waals surface area contributed by atoms with Crippen molar-refractivity contribution < 1.29 is 14.6 Å². The molecule has 0 bridgehead atoms. The van der Waals surface area contributed by atoms with E-state index in [4.69, 9.17) is 9.72 Å². The van der Waals surface area contributed by atoms with E-state index in [1.165, 1.54) is 13.8 Å². The topological polar surface area (TPSA) is 105 Å². The molecule has 7 nitrogen and oxygen atoms in total. The molecule has 0 aliphatic heterocycles. The third-order valence-electron chi connectivity index (χ3n) is 6.59. The maximum atomic E-state index is 13.8. The molecule has 0 aliphatic carbocycles. The Morgan fingerprint density at radius 3 is 2.33 bits per heavy atom. The van der Waals surface area contributed by atoms with Gasteiger partial charge in [0.1, 0.15) is 11.6 Å². The van der Waals surface area contributed by atoms with Crippen LogP contribution in [0.3, 0.4) is 0 Å². The van der Waals surface area contributed by atoms with Gasteiger partial charge in [-0.3, -0.25) is 9.36 Å². The fraction of sp³-hybridized carbons (Fsp3) is 0.250. The lowest BCUT2D eigenvalue weighted by molar-refractivity contribution is -0.152. The Morgan fingerprint density at radius 1 is 1.05 bits per heavy atom. The molecule has 0 saturated carbocycles. The zero-order valence-electron chi connectivity index (χ0n) is 22.6. The van der Waals surface area contributed by atoms with Crippen LogP contribution in [0.4, 0.5) is 0 Å². The summed E-state index contributed by atoms with van der Waals surface area (Å²) in [6.07, 6.45) is 1.98. The highest BCUT2D eigenvalue weighted by molar-refractivity contribution is 5.76. The Kier molecular flexibility index (Phi) is 7.96. The van der Waals surface area contributed by atoms with E-state index in [0.717, 1.165) is 28.8 Å². The number of hydrogen-bond acceptors (Lipinski definition) is 5. The Balaban J connectivity index is 1.68. The Hall–Kier alpha value is -4.70. The second-order valence-corrected chi connectivity index (χ2v) is 9.92. The van der Waals surface area contributed by atoms with Crippen LogP contribution >= 0.6 is 0 Å². The van der Waals surface area contributed by atoms with Gasteiger partial charge in [0, 0.05) is 12.0 Å². The second kappa shape index (κ2) is 11.4. The van der Waals surface area contributed by atoms with Crippen molar-refractivity contribution in [1.82, 2.24) is 9.55 Å². The summed E-state index contributed by atoms with van der Waals surface area (Å²) in [5, 5.41) is 18.8. The maximum absolute atomic E-state index is 13.8. The molecule has 1 heterocycles. The van der Waals surface area contributed by atoms with Crippen molar-refractivity contribution in [2.75, 3.05) is 0 Å². The predicted molar refractivity (Wildman–Crippen MR) is 150 cm³/mol. The van der Waals surface area contributed by atoms with Crippen molar-refractivity contribution in [2.24, 2.45) is 0 Å². The number of nitrogens with zero attached hydrogens (tertiary/aromatic N) is 3. The molecule has 0 aliphatic rings. The van der Waals surface area contributed by atoms with Crippen molar-refractivity contribution in [3.8, 4) is 28.6 Å². The van der Waals surface area contributed by atoms with Crippen LogP contribution in [0.1, 0.15) is 55.4 Å². The van der Waals surface area contributed by atoms with E-state index in [0.29, 0.717) is 41.2 Å². The fourth-order valence-corrected chi connectivity index (χ4v) is 4.48. The highest BCUT2D eigenvalue weighted by Gasteiger charge is 2.29. The Bertz CT molecular complexity index is 1590. The molecule has 0 saturated heterocycles. The highest BCUT2D eigenvalue weighted by atomic mass is 16.5. The molecule has 3 aromatic carbocycles. The molecule has 7 heteroatoms. The molecule has 0 unspecified atom stereocenters. The van der Waals surface area contributed by atoms with Gasteiger partial charge >= 0.3 is 5.97 Å². The molecule has 39 heavy (non-hydrogen) atoms. The van der Waals surface area contributed by atoms with Crippen molar-refractivity contribution >= 4 is 5.97 Å². The zero-order chi connectivity index (χ0) is 28.2. The lowest BCUT2D eigenvalue weighted by atomic mass is 9.97. The number of nitriles is 1. The predicted octanol–water partition coefficient (Wildman–Crippen LogP) is 5.86. The molecule has 4 rings (SSSR count). The number of benzene rings is 3. The highest BCUT2D eigenvalue weighted by Crippen LogP contribution is 2.25. The second-order valence-electron chi connectivity index (χ2n) is 9.92. The number of aryl methyl sites for hydroxylation is 2. The van der Waals surface area contributed by atoms with Crippen LogP contribution in [0.5, 0.6) is 5.75 Å². The smallest absolute Gasteiger partial charge is 0.347 e. The quantitative estimate of drug-likeness (QED) is 0.296. The molecular formula is C32H31N3O4. The summed E-state index contributed by atoms with van der Waals surface area (Å²) in [5.41, 5.74) is 3.94. The standard InChI is InChI=1S/C32H31N3O4/c1-5-8-29-28(19-22-11-13-23(14-12-22)27-10-7-6-9-24(27)20-33)30(36)35(21(2)34-29)25-15-17-26(18-16-25)39-32(3,4)31(37)38/h6-7,9-18H,5,8,19H2,1-4H3,(H,37,38). The van der Waals surface area contributed by atoms with Gasteiger partial charge in [0.15, 0.2) is 5.60 Å². The Labute approximate surface area is 228 Å². The lowest BCUT2D eigenvalue weighted by Gasteiger charge is -2.22. The van der Waals surface area contributed by atoms with Crippen LogP contribution in [0.2, 0.25) is 0 Å². The monoisotopic (exact) mass is 521 g/mol. The minimum Gasteiger partial charge on any atom is -0.478 e. The number of carboxylic acids is 1. The van der Waals surface area contributed by atoms with Gasteiger partial charge in [0.2, 0.25) is 0 Å². The number of ether oxygens (including phenoxy) is 1. The average molecular weight is 522 g/mol. The maximum Gasteiger partial charge on any atom is 0.347 e. The van der Waals surface area contributed by atoms with Gasteiger partial charge in [0.25, 0.3) is 5.56 Å². The van der Waals surface area contributed by atoms with E-state index in [-0.39, 0.29) is 5.56 Å². The summed E-state index contributed by atoms with van der Waals surface area (Å²) in [6.45, 7) is 6.83. The number of aromatic nitrogens is 2. The van der Waals surface area contributed by atoms with Crippen LogP contribution in [0.25, 0.3) is 16.8 Å². The van der Waals surface area contributed by atoms with E-state index < -0.39 is 11.6 Å². The summed E-state index contributed by atoms with van der Waals surface area (Å²) in [7, 11) is 0. The molecule has 0 spiro atoms. The normalized spacial score (nSPS) is 11.2. The van der Waals surface area contributed by atoms with Gasteiger partial charge in [0.05, 0.1) is 23.0 Å². The van der Waals surface area contributed by atoms with Gasteiger partial charge in [-0.25, -0.2) is 9.78 Å². The summed E-state index contributed by atoms with van der Waals surface area (Å²) in [5.74, 6) is -0.0952. The molecule has 0 fully saturated rings. The summed E-state index contributed by atoms with van der Waals surface area (Å²) in [6, 6.07) is 24.4. The van der Waals surface area contributed by atoms with Crippen LogP contribution in [0.15, 0.2) is 77.6 Å². The minimum absolute atomic E-state index is 0.135. The first-order chi connectivity index (χ1) is 18.6. The first-order valence-electron chi connectivity index (χ1n) is 12.9. The number of carboxylic acid groups (broad SMARTS) is 1. The molecule has 0 atom stereocenters. The third-order valence-corrected chi connectivity index (χ3v) is 6.59. The van der Waals surface area contributed by atoms with E-state index in [2.05, 4.69) is 13.0 Å². The first kappa shape index (κ1) is 27.3.